The second kappa shape index (κ2) is 5.93. The van der Waals surface area contributed by atoms with Crippen molar-refractivity contribution in [3.05, 3.63) is 0 Å². The quantitative estimate of drug-likeness (QED) is 0.550. The lowest BCUT2D eigenvalue weighted by Crippen LogP contribution is -2.42. The molecular weight excluding hydrogens is 284 g/mol. The fourth-order valence-electron chi connectivity index (χ4n) is 2.85. The van der Waals surface area contributed by atoms with Crippen molar-refractivity contribution in [1.29, 1.82) is 0 Å². The number of carbonyl (C=O) groups is 2. The minimum Gasteiger partial charge on any atom is -0.446 e. The molecule has 5 nitrogen and oxygen atoms in total. The van der Waals surface area contributed by atoms with E-state index < -0.39 is 23.5 Å². The van der Waals surface area contributed by atoms with Gasteiger partial charge < -0.3 is 14.2 Å². The number of terminal acetylenes is 1. The Morgan fingerprint density at radius 1 is 1.23 bits per heavy atom. The monoisotopic (exact) mass is 304 g/mol. The van der Waals surface area contributed by atoms with Crippen LogP contribution in [0.2, 0.25) is 0 Å². The summed E-state index contributed by atoms with van der Waals surface area (Å²) in [6.45, 7) is 5.47. The molecule has 0 saturated carbocycles. The first-order valence-electron chi connectivity index (χ1n) is 7.33. The molecule has 2 heterocycles. The fourth-order valence-corrected chi connectivity index (χ4v) is 2.85. The molecule has 0 radical (unpaired) electrons. The normalized spacial score (nSPS) is 37.7. The Hall–Kier alpha value is -2.14. The maximum absolute atomic E-state index is 11.5. The van der Waals surface area contributed by atoms with Crippen molar-refractivity contribution in [1.82, 2.24) is 0 Å². The smallest absolute Gasteiger partial charge is 0.446 e. The van der Waals surface area contributed by atoms with Crippen LogP contribution in [0.5, 0.6) is 0 Å². The summed E-state index contributed by atoms with van der Waals surface area (Å²) in [5, 5.41) is 0. The van der Waals surface area contributed by atoms with Gasteiger partial charge in [0.15, 0.2) is 11.2 Å². The molecule has 4 atom stereocenters. The average molecular weight is 304 g/mol. The standard InChI is InChI=1S/C17H20O5/c1-5-16(3)11-13(20-15(19)22-16)7-6-8-17(4)10-12(2)9-14(18)21-17/h1,12-13H,7,9-11H2,2-4H3. The van der Waals surface area contributed by atoms with Crippen LogP contribution in [-0.4, -0.2) is 29.4 Å². The van der Waals surface area contributed by atoms with Crippen molar-refractivity contribution in [2.45, 2.75) is 63.8 Å². The van der Waals surface area contributed by atoms with Crippen molar-refractivity contribution in [3.8, 4) is 24.2 Å². The summed E-state index contributed by atoms with van der Waals surface area (Å²) in [6.07, 6.45) is 6.02. The first-order valence-corrected chi connectivity index (χ1v) is 7.33. The van der Waals surface area contributed by atoms with Gasteiger partial charge in [-0.3, -0.25) is 4.79 Å². The fraction of sp³-hybridized carbons (Fsp3) is 0.647. The van der Waals surface area contributed by atoms with Gasteiger partial charge in [-0.05, 0) is 19.8 Å². The van der Waals surface area contributed by atoms with Gasteiger partial charge >= 0.3 is 12.1 Å². The molecule has 0 aliphatic carbocycles. The van der Waals surface area contributed by atoms with Crippen LogP contribution in [0.15, 0.2) is 0 Å². The Morgan fingerprint density at radius 3 is 2.59 bits per heavy atom. The van der Waals surface area contributed by atoms with Crippen molar-refractivity contribution in [3.63, 3.8) is 0 Å². The molecule has 0 bridgehead atoms. The van der Waals surface area contributed by atoms with Gasteiger partial charge in [0.25, 0.3) is 0 Å². The Labute approximate surface area is 130 Å². The lowest BCUT2D eigenvalue weighted by Gasteiger charge is -2.33. The van der Waals surface area contributed by atoms with Crippen molar-refractivity contribution >= 4 is 12.1 Å². The van der Waals surface area contributed by atoms with Gasteiger partial charge in [0.05, 0.1) is 0 Å². The van der Waals surface area contributed by atoms with E-state index in [0.717, 1.165) is 0 Å². The molecule has 0 aromatic carbocycles. The largest absolute Gasteiger partial charge is 0.510 e. The third-order valence-corrected chi connectivity index (χ3v) is 3.77. The van der Waals surface area contributed by atoms with Crippen molar-refractivity contribution < 1.29 is 23.8 Å². The molecule has 2 aliphatic heterocycles. The number of ether oxygens (including phenoxy) is 3. The zero-order chi connectivity index (χ0) is 16.4. The van der Waals surface area contributed by atoms with Gasteiger partial charge in [0.1, 0.15) is 6.10 Å². The molecule has 0 N–H and O–H groups in total. The number of carbonyl (C=O) groups excluding carboxylic acids is 2. The highest BCUT2D eigenvalue weighted by molar-refractivity contribution is 5.71. The Bertz CT molecular complexity index is 578. The summed E-state index contributed by atoms with van der Waals surface area (Å²) in [7, 11) is 0. The predicted molar refractivity (Wildman–Crippen MR) is 78.5 cm³/mol. The minimum atomic E-state index is -0.961. The Kier molecular flexibility index (Phi) is 4.37. The van der Waals surface area contributed by atoms with Crippen LogP contribution in [0.1, 0.15) is 46.5 Å². The third-order valence-electron chi connectivity index (χ3n) is 3.77. The molecule has 2 aliphatic rings. The second-order valence-electron chi connectivity index (χ2n) is 6.40. The average Bonchev–Trinajstić information content (AvgIpc) is 2.35. The van der Waals surface area contributed by atoms with E-state index in [0.29, 0.717) is 25.7 Å². The number of hydrogen-bond donors (Lipinski definition) is 0. The van der Waals surface area contributed by atoms with E-state index in [1.54, 1.807) is 13.8 Å². The van der Waals surface area contributed by atoms with Crippen LogP contribution in [0.3, 0.4) is 0 Å². The molecule has 0 aromatic rings. The van der Waals surface area contributed by atoms with E-state index in [1.165, 1.54) is 0 Å². The maximum atomic E-state index is 11.5. The number of cyclic esters (lactones) is 3. The van der Waals surface area contributed by atoms with Gasteiger partial charge in [-0.1, -0.05) is 24.7 Å². The maximum Gasteiger partial charge on any atom is 0.510 e. The van der Waals surface area contributed by atoms with Gasteiger partial charge in [-0.15, -0.1) is 6.42 Å². The van der Waals surface area contributed by atoms with Crippen molar-refractivity contribution in [2.75, 3.05) is 0 Å². The van der Waals surface area contributed by atoms with Gasteiger partial charge in [0.2, 0.25) is 0 Å². The highest BCUT2D eigenvalue weighted by Gasteiger charge is 2.38. The minimum absolute atomic E-state index is 0.229. The zero-order valence-corrected chi connectivity index (χ0v) is 13.1. The molecular formula is C17H20O5. The van der Waals surface area contributed by atoms with Crippen molar-refractivity contribution in [2.24, 2.45) is 5.92 Å². The topological polar surface area (TPSA) is 61.8 Å². The summed E-state index contributed by atoms with van der Waals surface area (Å²) in [6, 6.07) is 0. The molecule has 0 amide bonds. The van der Waals surface area contributed by atoms with Crippen LogP contribution in [-0.2, 0) is 19.0 Å². The molecule has 0 spiro atoms. The first-order chi connectivity index (χ1) is 10.2. The molecule has 22 heavy (non-hydrogen) atoms. The number of esters is 1. The van der Waals surface area contributed by atoms with Crippen LogP contribution in [0, 0.1) is 30.1 Å². The summed E-state index contributed by atoms with van der Waals surface area (Å²) in [4.78, 5) is 22.9. The van der Waals surface area contributed by atoms with E-state index in [-0.39, 0.29) is 11.9 Å². The van der Waals surface area contributed by atoms with Crippen LogP contribution < -0.4 is 0 Å². The van der Waals surface area contributed by atoms with E-state index in [1.807, 2.05) is 6.92 Å². The van der Waals surface area contributed by atoms with Crippen LogP contribution in [0.25, 0.3) is 0 Å². The molecule has 0 aromatic heterocycles. The molecule has 2 fully saturated rings. The summed E-state index contributed by atoms with van der Waals surface area (Å²) in [5.41, 5.74) is -1.74. The van der Waals surface area contributed by atoms with Gasteiger partial charge in [0, 0.05) is 25.7 Å². The van der Waals surface area contributed by atoms with E-state index in [9.17, 15) is 9.59 Å². The molecule has 5 heteroatoms. The third kappa shape index (κ3) is 3.95. The van der Waals surface area contributed by atoms with Crippen LogP contribution in [0.4, 0.5) is 4.79 Å². The Balaban J connectivity index is 2.00. The molecule has 2 rings (SSSR count). The molecule has 4 unspecified atom stereocenters. The van der Waals surface area contributed by atoms with Gasteiger partial charge in [-0.25, -0.2) is 4.79 Å². The highest BCUT2D eigenvalue weighted by Crippen LogP contribution is 2.30. The van der Waals surface area contributed by atoms with E-state index in [4.69, 9.17) is 20.6 Å². The first kappa shape index (κ1) is 16.2. The summed E-state index contributed by atoms with van der Waals surface area (Å²) in [5.74, 6) is 8.42. The van der Waals surface area contributed by atoms with Gasteiger partial charge in [-0.2, -0.15) is 0 Å². The SMILES string of the molecule is C#CC1(C)CC(CC#CC2(C)CC(C)CC(=O)O2)OC(=O)O1. The lowest BCUT2D eigenvalue weighted by molar-refractivity contribution is -0.161. The molecule has 2 saturated heterocycles. The zero-order valence-electron chi connectivity index (χ0n) is 13.1. The van der Waals surface area contributed by atoms with E-state index >= 15 is 0 Å². The summed E-state index contributed by atoms with van der Waals surface area (Å²) >= 11 is 0. The Morgan fingerprint density at radius 2 is 1.95 bits per heavy atom. The van der Waals surface area contributed by atoms with Crippen LogP contribution >= 0.6 is 0 Å². The number of hydrogen-bond acceptors (Lipinski definition) is 5. The number of rotatable bonds is 1. The highest BCUT2D eigenvalue weighted by atomic mass is 16.7. The summed E-state index contributed by atoms with van der Waals surface area (Å²) < 4.78 is 15.4. The molecule has 118 valence electrons. The lowest BCUT2D eigenvalue weighted by atomic mass is 9.88. The second-order valence-corrected chi connectivity index (χ2v) is 6.40. The van der Waals surface area contributed by atoms with E-state index in [2.05, 4.69) is 17.8 Å². The predicted octanol–water partition coefficient (Wildman–Crippen LogP) is 2.43.